The van der Waals surface area contributed by atoms with Crippen LogP contribution in [-0.4, -0.2) is 21.2 Å². The summed E-state index contributed by atoms with van der Waals surface area (Å²) in [4.78, 5) is 4.41. The van der Waals surface area contributed by atoms with Crippen LogP contribution in [0.15, 0.2) is 22.7 Å². The first kappa shape index (κ1) is 10.4. The molecule has 1 unspecified atom stereocenters. The summed E-state index contributed by atoms with van der Waals surface area (Å²) in [6.07, 6.45) is 0.643. The maximum absolute atomic E-state index is 5.69. The minimum absolute atomic E-state index is 0.0479. The minimum Gasteiger partial charge on any atom is -0.328 e. The average molecular weight is 267 g/mol. The molecule has 78 valence electrons. The van der Waals surface area contributed by atoms with E-state index in [1.807, 2.05) is 25.1 Å². The molecule has 0 amide bonds. The van der Waals surface area contributed by atoms with E-state index in [9.17, 15) is 0 Å². The fourth-order valence-electron chi connectivity index (χ4n) is 1.33. The molecule has 0 saturated carbocycles. The van der Waals surface area contributed by atoms with Gasteiger partial charge in [0.05, 0.1) is 0 Å². The van der Waals surface area contributed by atoms with Gasteiger partial charge in [0.1, 0.15) is 11.0 Å². The van der Waals surface area contributed by atoms with E-state index in [-0.39, 0.29) is 6.04 Å². The number of aromatic nitrogens is 3. The van der Waals surface area contributed by atoms with E-state index in [0.717, 1.165) is 15.5 Å². The van der Waals surface area contributed by atoms with Crippen LogP contribution in [0.3, 0.4) is 0 Å². The van der Waals surface area contributed by atoms with Crippen LogP contribution < -0.4 is 5.73 Å². The third-order valence-electron chi connectivity index (χ3n) is 1.98. The Morgan fingerprint density at radius 2 is 2.20 bits per heavy atom. The highest BCUT2D eigenvalue weighted by Gasteiger charge is 2.06. The summed E-state index contributed by atoms with van der Waals surface area (Å²) >= 11 is 3.44. The second kappa shape index (κ2) is 4.20. The Bertz CT molecular complexity index is 484. The standard InChI is InChI=1S/C10H11BrN4/c1-6(12)5-9-13-10-7(11)3-2-4-8(10)14-15-9/h2-4,6H,5,12H2,1H3. The van der Waals surface area contributed by atoms with Crippen molar-refractivity contribution in [3.8, 4) is 0 Å². The molecule has 0 spiro atoms. The van der Waals surface area contributed by atoms with Gasteiger partial charge in [-0.3, -0.25) is 0 Å². The van der Waals surface area contributed by atoms with E-state index in [1.54, 1.807) is 0 Å². The van der Waals surface area contributed by atoms with Crippen LogP contribution in [0.4, 0.5) is 0 Å². The number of hydrogen-bond acceptors (Lipinski definition) is 4. The van der Waals surface area contributed by atoms with Gasteiger partial charge in [0.15, 0.2) is 5.82 Å². The average Bonchev–Trinajstić information content (AvgIpc) is 2.18. The third-order valence-corrected chi connectivity index (χ3v) is 2.62. The normalized spacial score (nSPS) is 13.0. The lowest BCUT2D eigenvalue weighted by Crippen LogP contribution is -2.19. The van der Waals surface area contributed by atoms with Gasteiger partial charge in [-0.1, -0.05) is 6.07 Å². The first-order valence-corrected chi connectivity index (χ1v) is 5.49. The van der Waals surface area contributed by atoms with Gasteiger partial charge in [-0.25, -0.2) is 4.98 Å². The van der Waals surface area contributed by atoms with Gasteiger partial charge in [0, 0.05) is 16.9 Å². The molecule has 0 fully saturated rings. The molecule has 1 aromatic carbocycles. The predicted molar refractivity (Wildman–Crippen MR) is 62.4 cm³/mol. The minimum atomic E-state index is 0.0479. The number of nitrogens with zero attached hydrogens (tertiary/aromatic N) is 3. The molecule has 2 N–H and O–H groups in total. The Morgan fingerprint density at radius 1 is 1.40 bits per heavy atom. The van der Waals surface area contributed by atoms with Crippen molar-refractivity contribution in [2.24, 2.45) is 5.73 Å². The highest BCUT2D eigenvalue weighted by Crippen LogP contribution is 2.19. The van der Waals surface area contributed by atoms with Gasteiger partial charge in [-0.2, -0.15) is 0 Å². The smallest absolute Gasteiger partial charge is 0.153 e. The zero-order chi connectivity index (χ0) is 10.8. The van der Waals surface area contributed by atoms with Crippen LogP contribution in [0, 0.1) is 0 Å². The molecule has 0 aliphatic heterocycles. The molecule has 1 aromatic heterocycles. The number of para-hydroxylation sites is 1. The molecule has 1 atom stereocenters. The van der Waals surface area contributed by atoms with E-state index in [0.29, 0.717) is 12.2 Å². The largest absolute Gasteiger partial charge is 0.328 e. The topological polar surface area (TPSA) is 64.7 Å². The van der Waals surface area contributed by atoms with Crippen molar-refractivity contribution in [1.82, 2.24) is 15.2 Å². The summed E-state index contributed by atoms with van der Waals surface area (Å²) in [5, 5.41) is 8.12. The van der Waals surface area contributed by atoms with Crippen molar-refractivity contribution in [2.45, 2.75) is 19.4 Å². The molecule has 0 bridgehead atoms. The number of rotatable bonds is 2. The molecule has 15 heavy (non-hydrogen) atoms. The third kappa shape index (κ3) is 2.30. The molecule has 0 saturated heterocycles. The van der Waals surface area contributed by atoms with Gasteiger partial charge in [-0.05, 0) is 35.0 Å². The highest BCUT2D eigenvalue weighted by molar-refractivity contribution is 9.10. The van der Waals surface area contributed by atoms with Gasteiger partial charge in [-0.15, -0.1) is 10.2 Å². The molecular weight excluding hydrogens is 256 g/mol. The number of fused-ring (bicyclic) bond motifs is 1. The Kier molecular flexibility index (Phi) is 2.93. The van der Waals surface area contributed by atoms with Crippen LogP contribution >= 0.6 is 15.9 Å². The summed E-state index contributed by atoms with van der Waals surface area (Å²) in [5.74, 6) is 0.685. The predicted octanol–water partition coefficient (Wildman–Crippen LogP) is 1.68. The summed E-state index contributed by atoms with van der Waals surface area (Å²) in [6, 6.07) is 5.78. The van der Waals surface area contributed by atoms with E-state index in [4.69, 9.17) is 5.73 Å². The Morgan fingerprint density at radius 3 is 2.93 bits per heavy atom. The second-order valence-corrected chi connectivity index (χ2v) is 4.37. The first-order valence-electron chi connectivity index (χ1n) is 4.70. The maximum atomic E-state index is 5.69. The summed E-state index contributed by atoms with van der Waals surface area (Å²) in [7, 11) is 0. The van der Waals surface area contributed by atoms with Gasteiger partial charge < -0.3 is 5.73 Å². The molecule has 0 radical (unpaired) electrons. The van der Waals surface area contributed by atoms with Crippen molar-refractivity contribution in [2.75, 3.05) is 0 Å². The van der Waals surface area contributed by atoms with Crippen molar-refractivity contribution >= 4 is 27.0 Å². The van der Waals surface area contributed by atoms with E-state index in [2.05, 4.69) is 31.1 Å². The van der Waals surface area contributed by atoms with E-state index < -0.39 is 0 Å². The van der Waals surface area contributed by atoms with Crippen LogP contribution in [-0.2, 0) is 6.42 Å². The molecule has 1 heterocycles. The lowest BCUT2D eigenvalue weighted by molar-refractivity contribution is 0.692. The van der Waals surface area contributed by atoms with Crippen LogP contribution in [0.2, 0.25) is 0 Å². The van der Waals surface area contributed by atoms with E-state index in [1.165, 1.54) is 0 Å². The first-order chi connectivity index (χ1) is 7.16. The van der Waals surface area contributed by atoms with E-state index >= 15 is 0 Å². The number of benzene rings is 1. The number of hydrogen-bond donors (Lipinski definition) is 1. The van der Waals surface area contributed by atoms with Gasteiger partial charge >= 0.3 is 0 Å². The number of nitrogens with two attached hydrogens (primary N) is 1. The summed E-state index contributed by atoms with van der Waals surface area (Å²) in [5.41, 5.74) is 7.31. The second-order valence-electron chi connectivity index (χ2n) is 3.52. The van der Waals surface area contributed by atoms with Crippen LogP contribution in [0.25, 0.3) is 11.0 Å². The van der Waals surface area contributed by atoms with Crippen molar-refractivity contribution in [3.63, 3.8) is 0 Å². The molecule has 0 aliphatic rings. The zero-order valence-electron chi connectivity index (χ0n) is 8.31. The van der Waals surface area contributed by atoms with Crippen molar-refractivity contribution in [1.29, 1.82) is 0 Å². The Hall–Kier alpha value is -1.07. The van der Waals surface area contributed by atoms with Gasteiger partial charge in [0.25, 0.3) is 0 Å². The lowest BCUT2D eigenvalue weighted by atomic mass is 10.2. The SMILES string of the molecule is CC(N)Cc1nnc2cccc(Br)c2n1. The van der Waals surface area contributed by atoms with Crippen molar-refractivity contribution in [3.05, 3.63) is 28.5 Å². The summed E-state index contributed by atoms with van der Waals surface area (Å²) < 4.78 is 0.931. The summed E-state index contributed by atoms with van der Waals surface area (Å²) in [6.45, 7) is 1.92. The molecular formula is C10H11BrN4. The van der Waals surface area contributed by atoms with Crippen molar-refractivity contribution < 1.29 is 0 Å². The fraction of sp³-hybridized carbons (Fsp3) is 0.300. The molecule has 0 aliphatic carbocycles. The van der Waals surface area contributed by atoms with Gasteiger partial charge in [0.2, 0.25) is 0 Å². The number of halogens is 1. The molecule has 2 rings (SSSR count). The highest BCUT2D eigenvalue weighted by atomic mass is 79.9. The molecule has 4 nitrogen and oxygen atoms in total. The lowest BCUT2D eigenvalue weighted by Gasteiger charge is -2.04. The monoisotopic (exact) mass is 266 g/mol. The Labute approximate surface area is 96.0 Å². The fourth-order valence-corrected chi connectivity index (χ4v) is 1.78. The Balaban J connectivity index is 2.50. The van der Waals surface area contributed by atoms with Crippen LogP contribution in [0.1, 0.15) is 12.7 Å². The molecule has 5 heteroatoms. The molecule has 2 aromatic rings. The van der Waals surface area contributed by atoms with Crippen LogP contribution in [0.5, 0.6) is 0 Å². The quantitative estimate of drug-likeness (QED) is 0.899. The zero-order valence-corrected chi connectivity index (χ0v) is 9.90. The maximum Gasteiger partial charge on any atom is 0.153 e.